The first-order valence-electron chi connectivity index (χ1n) is 9.64. The summed E-state index contributed by atoms with van der Waals surface area (Å²) in [5.74, 6) is 0.396. The molecule has 1 aliphatic heterocycles. The number of carbonyl (C=O) groups excluding carboxylic acids is 1. The lowest BCUT2D eigenvalue weighted by Gasteiger charge is -2.22. The molecule has 4 heteroatoms. The van der Waals surface area contributed by atoms with Gasteiger partial charge >= 0.3 is 0 Å². The Morgan fingerprint density at radius 3 is 2.46 bits per heavy atom. The molecule has 0 unspecified atom stereocenters. The molecule has 2 aromatic rings. The average Bonchev–Trinajstić information content (AvgIpc) is 2.86. The van der Waals surface area contributed by atoms with Crippen LogP contribution < -0.4 is 0 Å². The molecule has 3 nitrogen and oxygen atoms in total. The van der Waals surface area contributed by atoms with Crippen LogP contribution in [-0.4, -0.2) is 23.6 Å². The van der Waals surface area contributed by atoms with Crippen molar-refractivity contribution in [3.05, 3.63) is 35.8 Å². The normalized spacial score (nSPS) is 22.7. The van der Waals surface area contributed by atoms with Crippen LogP contribution in [0.3, 0.4) is 0 Å². The van der Waals surface area contributed by atoms with Gasteiger partial charge in [0, 0.05) is 48.3 Å². The maximum atomic E-state index is 13.9. The van der Waals surface area contributed by atoms with Crippen LogP contribution in [0.25, 0.3) is 10.9 Å². The number of Topliss-reactive ketones (excluding diaryl/α,β-unsaturated/α-hetero) is 1. The monoisotopic (exact) mass is 357 g/mol. The van der Waals surface area contributed by atoms with Crippen molar-refractivity contribution in [2.24, 2.45) is 22.7 Å². The molecule has 0 bridgehead atoms. The molecule has 140 valence electrons. The number of aromatic nitrogens is 1. The van der Waals surface area contributed by atoms with Gasteiger partial charge in [0.25, 0.3) is 0 Å². The summed E-state index contributed by atoms with van der Waals surface area (Å²) < 4.78 is 21.5. The second kappa shape index (κ2) is 5.91. The average molecular weight is 357 g/mol. The first kappa shape index (κ1) is 17.7. The number of benzene rings is 1. The number of nitrogens with zero attached hydrogens (tertiary/aromatic N) is 1. The Labute approximate surface area is 154 Å². The maximum absolute atomic E-state index is 13.9. The molecule has 0 N–H and O–H groups in total. The first-order chi connectivity index (χ1) is 12.2. The van der Waals surface area contributed by atoms with Crippen LogP contribution in [0.15, 0.2) is 24.4 Å². The summed E-state index contributed by atoms with van der Waals surface area (Å²) in [5, 5.41) is 0.751. The van der Waals surface area contributed by atoms with E-state index >= 15 is 0 Å². The number of hydrogen-bond donors (Lipinski definition) is 0. The van der Waals surface area contributed by atoms with E-state index in [1.807, 2.05) is 12.3 Å². The van der Waals surface area contributed by atoms with Gasteiger partial charge in [-0.1, -0.05) is 27.7 Å². The minimum absolute atomic E-state index is 0.0135. The molecule has 1 aromatic heterocycles. The fourth-order valence-corrected chi connectivity index (χ4v) is 4.83. The second-order valence-electron chi connectivity index (χ2n) is 9.15. The van der Waals surface area contributed by atoms with E-state index in [0.717, 1.165) is 43.5 Å². The smallest absolute Gasteiger partial charge is 0.169 e. The first-order valence-corrected chi connectivity index (χ1v) is 9.64. The van der Waals surface area contributed by atoms with Gasteiger partial charge in [-0.15, -0.1) is 0 Å². The van der Waals surface area contributed by atoms with E-state index in [1.165, 1.54) is 12.1 Å². The Balaban J connectivity index is 1.73. The molecule has 2 fully saturated rings. The quantitative estimate of drug-likeness (QED) is 0.715. The highest BCUT2D eigenvalue weighted by Gasteiger charge is 2.68. The summed E-state index contributed by atoms with van der Waals surface area (Å²) >= 11 is 0. The minimum Gasteiger partial charge on any atom is -0.381 e. The van der Waals surface area contributed by atoms with Crippen molar-refractivity contribution in [2.75, 3.05) is 13.2 Å². The molecule has 0 spiro atoms. The van der Waals surface area contributed by atoms with Crippen LogP contribution in [0.5, 0.6) is 0 Å². The molecule has 1 aliphatic carbocycles. The van der Waals surface area contributed by atoms with E-state index in [0.29, 0.717) is 11.5 Å². The van der Waals surface area contributed by atoms with E-state index in [9.17, 15) is 9.18 Å². The molecule has 0 radical (unpaired) electrons. The summed E-state index contributed by atoms with van der Waals surface area (Å²) in [6.45, 7) is 11.1. The largest absolute Gasteiger partial charge is 0.381 e. The zero-order chi connectivity index (χ0) is 18.7. The molecule has 2 heterocycles. The van der Waals surface area contributed by atoms with Crippen molar-refractivity contribution in [2.45, 2.75) is 47.1 Å². The molecule has 1 aromatic carbocycles. The highest BCUT2D eigenvalue weighted by molar-refractivity contribution is 6.11. The van der Waals surface area contributed by atoms with Gasteiger partial charge in [-0.3, -0.25) is 4.79 Å². The zero-order valence-electron chi connectivity index (χ0n) is 16.1. The Morgan fingerprint density at radius 1 is 1.19 bits per heavy atom. The van der Waals surface area contributed by atoms with Gasteiger partial charge in [0.15, 0.2) is 5.78 Å². The standard InChI is InChI=1S/C22H28FNO2/c1-21(2)20(22(21,3)4)19(25)17-13-24(12-14-7-9-26-10-8-14)18-6-5-15(23)11-16(17)18/h5-6,11,13-14,20H,7-10,12H2,1-4H3. The van der Waals surface area contributed by atoms with Gasteiger partial charge in [0.05, 0.1) is 0 Å². The number of halogens is 1. The molecular formula is C22H28FNO2. The van der Waals surface area contributed by atoms with Gasteiger partial charge in [0.2, 0.25) is 0 Å². The predicted octanol–water partition coefficient (Wildman–Crippen LogP) is 5.07. The van der Waals surface area contributed by atoms with Crippen molar-refractivity contribution in [1.82, 2.24) is 4.57 Å². The molecule has 0 atom stereocenters. The lowest BCUT2D eigenvalue weighted by Crippen LogP contribution is -2.20. The van der Waals surface area contributed by atoms with Gasteiger partial charge in [0.1, 0.15) is 5.82 Å². The predicted molar refractivity (Wildman–Crippen MR) is 101 cm³/mol. The molecule has 2 aliphatic rings. The number of carbonyl (C=O) groups is 1. The summed E-state index contributed by atoms with van der Waals surface area (Å²) in [6, 6.07) is 4.82. The Morgan fingerprint density at radius 2 is 1.85 bits per heavy atom. The Kier molecular flexibility index (Phi) is 4.03. The maximum Gasteiger partial charge on any atom is 0.169 e. The van der Waals surface area contributed by atoms with Gasteiger partial charge in [-0.25, -0.2) is 4.39 Å². The van der Waals surface area contributed by atoms with Crippen molar-refractivity contribution in [3.63, 3.8) is 0 Å². The molecule has 4 rings (SSSR count). The Bertz CT molecular complexity index is 844. The third-order valence-corrected chi connectivity index (χ3v) is 7.19. The van der Waals surface area contributed by atoms with Crippen molar-refractivity contribution < 1.29 is 13.9 Å². The van der Waals surface area contributed by atoms with E-state index < -0.39 is 0 Å². The highest BCUT2D eigenvalue weighted by Crippen LogP contribution is 2.69. The topological polar surface area (TPSA) is 31.2 Å². The van der Waals surface area contributed by atoms with Crippen molar-refractivity contribution >= 4 is 16.7 Å². The molecule has 1 saturated carbocycles. The number of hydrogen-bond acceptors (Lipinski definition) is 2. The van der Waals surface area contributed by atoms with E-state index in [2.05, 4.69) is 32.3 Å². The van der Waals surface area contributed by atoms with Crippen LogP contribution >= 0.6 is 0 Å². The number of ketones is 1. The van der Waals surface area contributed by atoms with Crippen molar-refractivity contribution in [3.8, 4) is 0 Å². The fourth-order valence-electron chi connectivity index (χ4n) is 4.83. The number of rotatable bonds is 4. The molecular weight excluding hydrogens is 329 g/mol. The second-order valence-corrected chi connectivity index (χ2v) is 9.15. The molecule has 1 saturated heterocycles. The third-order valence-electron chi connectivity index (χ3n) is 7.19. The summed E-state index contributed by atoms with van der Waals surface area (Å²) in [7, 11) is 0. The Hall–Kier alpha value is -1.68. The minimum atomic E-state index is -0.287. The van der Waals surface area contributed by atoms with Gasteiger partial charge in [-0.05, 0) is 47.8 Å². The summed E-state index contributed by atoms with van der Waals surface area (Å²) in [6.07, 6.45) is 4.03. The number of ether oxygens (including phenoxy) is 1. The van der Waals surface area contributed by atoms with Gasteiger partial charge in [-0.2, -0.15) is 0 Å². The van der Waals surface area contributed by atoms with E-state index in [1.54, 1.807) is 0 Å². The third kappa shape index (κ3) is 2.61. The molecule has 26 heavy (non-hydrogen) atoms. The summed E-state index contributed by atoms with van der Waals surface area (Å²) in [5.41, 5.74) is 1.59. The van der Waals surface area contributed by atoms with Crippen LogP contribution in [0.2, 0.25) is 0 Å². The van der Waals surface area contributed by atoms with Crippen molar-refractivity contribution in [1.29, 1.82) is 0 Å². The van der Waals surface area contributed by atoms with E-state index in [4.69, 9.17) is 4.74 Å². The van der Waals surface area contributed by atoms with Crippen LogP contribution in [-0.2, 0) is 11.3 Å². The molecule has 0 amide bonds. The fraction of sp³-hybridized carbons (Fsp3) is 0.591. The van der Waals surface area contributed by atoms with Crippen LogP contribution in [0.1, 0.15) is 50.9 Å². The zero-order valence-corrected chi connectivity index (χ0v) is 16.1. The van der Waals surface area contributed by atoms with Gasteiger partial charge < -0.3 is 9.30 Å². The van der Waals surface area contributed by atoms with Crippen LogP contribution in [0.4, 0.5) is 4.39 Å². The van der Waals surface area contributed by atoms with E-state index in [-0.39, 0.29) is 28.3 Å². The lowest BCUT2D eigenvalue weighted by atomic mass is 10.0. The van der Waals surface area contributed by atoms with Crippen LogP contribution in [0, 0.1) is 28.5 Å². The SMILES string of the molecule is CC1(C)C(C(=O)c2cn(CC3CCOCC3)c3ccc(F)cc23)C1(C)C. The summed E-state index contributed by atoms with van der Waals surface area (Å²) in [4.78, 5) is 13.3. The highest BCUT2D eigenvalue weighted by atomic mass is 19.1. The lowest BCUT2D eigenvalue weighted by molar-refractivity contribution is 0.0616. The number of fused-ring (bicyclic) bond motifs is 1.